The van der Waals surface area contributed by atoms with Gasteiger partial charge in [0.15, 0.2) is 0 Å². The number of aryl methyl sites for hydroxylation is 1. The molecule has 0 N–H and O–H groups in total. The summed E-state index contributed by atoms with van der Waals surface area (Å²) in [6, 6.07) is 18.5. The molecule has 33 heavy (non-hydrogen) atoms. The Balaban J connectivity index is 1.43. The van der Waals surface area contributed by atoms with Gasteiger partial charge in [-0.1, -0.05) is 74.1 Å². The first kappa shape index (κ1) is 23.3. The highest BCUT2D eigenvalue weighted by molar-refractivity contribution is 5.85. The van der Waals surface area contributed by atoms with Gasteiger partial charge in [0.25, 0.3) is 0 Å². The zero-order valence-electron chi connectivity index (χ0n) is 20.0. The fourth-order valence-corrected chi connectivity index (χ4v) is 5.19. The average Bonchev–Trinajstić information content (AvgIpc) is 2.85. The molecule has 1 saturated carbocycles. The first-order valence-electron chi connectivity index (χ1n) is 12.6. The Morgan fingerprint density at radius 3 is 2.36 bits per heavy atom. The molecule has 4 rings (SSSR count). The van der Waals surface area contributed by atoms with Gasteiger partial charge in [0.05, 0.1) is 0 Å². The van der Waals surface area contributed by atoms with Crippen LogP contribution in [0.1, 0.15) is 87.0 Å². The van der Waals surface area contributed by atoms with Crippen molar-refractivity contribution in [3.63, 3.8) is 0 Å². The van der Waals surface area contributed by atoms with Crippen molar-refractivity contribution in [2.24, 2.45) is 5.92 Å². The number of allylic oxidation sites excluding steroid dienone is 2. The van der Waals surface area contributed by atoms with Gasteiger partial charge in [-0.15, -0.1) is 0 Å². The second kappa shape index (κ2) is 11.3. The van der Waals surface area contributed by atoms with Crippen LogP contribution in [0.25, 0.3) is 10.8 Å². The maximum absolute atomic E-state index is 14.9. The quantitative estimate of drug-likeness (QED) is 0.266. The minimum absolute atomic E-state index is 0.101. The van der Waals surface area contributed by atoms with Crippen molar-refractivity contribution in [2.75, 3.05) is 0 Å². The molecule has 1 aliphatic carbocycles. The van der Waals surface area contributed by atoms with Gasteiger partial charge in [-0.3, -0.25) is 0 Å². The zero-order chi connectivity index (χ0) is 23.0. The monoisotopic (exact) mass is 438 g/mol. The zero-order valence-corrected chi connectivity index (χ0v) is 20.0. The van der Waals surface area contributed by atoms with Crippen LogP contribution < -0.4 is 0 Å². The minimum atomic E-state index is -0.101. The molecule has 1 heteroatoms. The van der Waals surface area contributed by atoms with Crippen LogP contribution in [-0.2, 0) is 6.42 Å². The van der Waals surface area contributed by atoms with Crippen LogP contribution in [-0.4, -0.2) is 0 Å². The summed E-state index contributed by atoms with van der Waals surface area (Å²) >= 11 is 0. The number of benzene rings is 3. The first-order chi connectivity index (χ1) is 16.2. The Morgan fingerprint density at radius 2 is 1.64 bits per heavy atom. The molecule has 0 radical (unpaired) electrons. The molecule has 170 valence electrons. The van der Waals surface area contributed by atoms with Gasteiger partial charge >= 0.3 is 0 Å². The van der Waals surface area contributed by atoms with E-state index in [1.54, 1.807) is 0 Å². The van der Waals surface area contributed by atoms with E-state index in [1.807, 2.05) is 43.3 Å². The lowest BCUT2D eigenvalue weighted by atomic mass is 9.77. The number of hydrogen-bond donors (Lipinski definition) is 0. The van der Waals surface area contributed by atoms with E-state index in [-0.39, 0.29) is 5.82 Å². The van der Waals surface area contributed by atoms with E-state index in [4.69, 9.17) is 0 Å². The van der Waals surface area contributed by atoms with Gasteiger partial charge in [0.2, 0.25) is 0 Å². The lowest BCUT2D eigenvalue weighted by Crippen LogP contribution is -2.13. The van der Waals surface area contributed by atoms with Crippen LogP contribution in [0.4, 0.5) is 4.39 Å². The summed E-state index contributed by atoms with van der Waals surface area (Å²) in [5.41, 5.74) is 4.19. The third kappa shape index (κ3) is 5.94. The molecule has 0 unspecified atom stereocenters. The Kier molecular flexibility index (Phi) is 8.01. The highest BCUT2D eigenvalue weighted by Gasteiger charge is 2.21. The van der Waals surface area contributed by atoms with Crippen molar-refractivity contribution >= 4 is 10.8 Å². The van der Waals surface area contributed by atoms with Crippen LogP contribution in [0.2, 0.25) is 0 Å². The van der Waals surface area contributed by atoms with E-state index >= 15 is 0 Å². The maximum Gasteiger partial charge on any atom is 0.134 e. The fourth-order valence-electron chi connectivity index (χ4n) is 5.19. The van der Waals surface area contributed by atoms with Crippen LogP contribution in [0.3, 0.4) is 0 Å². The summed E-state index contributed by atoms with van der Waals surface area (Å²) < 4.78 is 14.9. The lowest BCUT2D eigenvalue weighted by Gasteiger charge is -2.28. The molecule has 0 amide bonds. The topological polar surface area (TPSA) is 0 Å². The second-order valence-corrected chi connectivity index (χ2v) is 9.46. The van der Waals surface area contributed by atoms with Crippen molar-refractivity contribution in [2.45, 2.75) is 71.1 Å². The summed E-state index contributed by atoms with van der Waals surface area (Å²) in [5.74, 6) is 8.10. The molecule has 1 fully saturated rings. The molecule has 0 saturated heterocycles. The largest absolute Gasteiger partial charge is 0.206 e. The van der Waals surface area contributed by atoms with Crippen molar-refractivity contribution in [3.05, 3.63) is 94.8 Å². The van der Waals surface area contributed by atoms with Gasteiger partial charge < -0.3 is 0 Å². The minimum Gasteiger partial charge on any atom is -0.206 e. The summed E-state index contributed by atoms with van der Waals surface area (Å²) in [4.78, 5) is 0. The number of hydrogen-bond acceptors (Lipinski definition) is 0. The number of fused-ring (bicyclic) bond motifs is 1. The van der Waals surface area contributed by atoms with Crippen LogP contribution in [0.15, 0.2) is 66.7 Å². The molecule has 0 bridgehead atoms. The van der Waals surface area contributed by atoms with Crippen LogP contribution in [0, 0.1) is 23.6 Å². The average molecular weight is 439 g/mol. The van der Waals surface area contributed by atoms with Gasteiger partial charge in [-0.25, -0.2) is 4.39 Å². The number of halogens is 1. The number of rotatable bonds is 6. The molecule has 0 aliphatic heterocycles. The van der Waals surface area contributed by atoms with Crippen molar-refractivity contribution in [1.29, 1.82) is 0 Å². The van der Waals surface area contributed by atoms with E-state index in [0.29, 0.717) is 11.3 Å². The Hall–Kier alpha value is -2.85. The van der Waals surface area contributed by atoms with E-state index in [2.05, 4.69) is 49.1 Å². The molecular formula is C32H35F. The summed E-state index contributed by atoms with van der Waals surface area (Å²) in [6.07, 6.45) is 13.8. The molecule has 1 aliphatic rings. The molecule has 0 heterocycles. The highest BCUT2D eigenvalue weighted by atomic mass is 19.1. The van der Waals surface area contributed by atoms with Crippen molar-refractivity contribution < 1.29 is 4.39 Å². The summed E-state index contributed by atoms with van der Waals surface area (Å²) in [5, 5.41) is 1.58. The second-order valence-electron chi connectivity index (χ2n) is 9.46. The highest BCUT2D eigenvalue weighted by Crippen LogP contribution is 2.37. The summed E-state index contributed by atoms with van der Waals surface area (Å²) in [6.45, 7) is 4.29. The van der Waals surface area contributed by atoms with E-state index in [0.717, 1.165) is 40.8 Å². The maximum atomic E-state index is 14.9. The Labute approximate surface area is 198 Å². The molecule has 0 spiro atoms. The van der Waals surface area contributed by atoms with Gasteiger partial charge in [-0.05, 0) is 98.1 Å². The molecule has 3 aromatic carbocycles. The molecule has 0 aromatic heterocycles. The first-order valence-corrected chi connectivity index (χ1v) is 12.6. The Morgan fingerprint density at radius 1 is 0.909 bits per heavy atom. The van der Waals surface area contributed by atoms with E-state index in [9.17, 15) is 4.39 Å². The molecular weight excluding hydrogens is 403 g/mol. The van der Waals surface area contributed by atoms with Crippen LogP contribution >= 0.6 is 0 Å². The molecule has 0 nitrogen and oxygen atoms in total. The van der Waals surface area contributed by atoms with Crippen molar-refractivity contribution in [1.82, 2.24) is 0 Å². The normalized spacial score (nSPS) is 18.4. The van der Waals surface area contributed by atoms with Crippen molar-refractivity contribution in [3.8, 4) is 11.8 Å². The standard InChI is InChI=1S/C32H35F/c1-3-5-6-8-29-20-21-30-23-26(15-22-31(30)32(29)33)10-9-25-13-18-28(19-14-25)27-16-11-24(7-4-2)12-17-27/h3,5,13-15,18-24,27H,4,6-8,11-12,16-17H2,1-2H3/b5-3+. The van der Waals surface area contributed by atoms with Gasteiger partial charge in [0, 0.05) is 16.5 Å². The SMILES string of the molecule is C/C=C/CCc1ccc2cc(C#Cc3ccc(C4CCC(CCC)CC4)cc3)ccc2c1F. The lowest BCUT2D eigenvalue weighted by molar-refractivity contribution is 0.308. The van der Waals surface area contributed by atoms with Crippen LogP contribution in [0.5, 0.6) is 0 Å². The van der Waals surface area contributed by atoms with Gasteiger partial charge in [-0.2, -0.15) is 0 Å². The third-order valence-electron chi connectivity index (χ3n) is 7.13. The summed E-state index contributed by atoms with van der Waals surface area (Å²) in [7, 11) is 0. The van der Waals surface area contributed by atoms with E-state index in [1.165, 1.54) is 44.1 Å². The predicted octanol–water partition coefficient (Wildman–Crippen LogP) is 8.96. The van der Waals surface area contributed by atoms with E-state index < -0.39 is 0 Å². The van der Waals surface area contributed by atoms with Gasteiger partial charge in [0.1, 0.15) is 5.82 Å². The third-order valence-corrected chi connectivity index (χ3v) is 7.13. The Bertz CT molecular complexity index is 1150. The fraction of sp³-hybridized carbons (Fsp3) is 0.375. The molecule has 3 aromatic rings. The molecule has 0 atom stereocenters. The predicted molar refractivity (Wildman–Crippen MR) is 139 cm³/mol. The smallest absolute Gasteiger partial charge is 0.134 e.